The summed E-state index contributed by atoms with van der Waals surface area (Å²) in [4.78, 5) is 28.9. The van der Waals surface area contributed by atoms with E-state index in [2.05, 4.69) is 30.9 Å². The molecule has 1 heterocycles. The zero-order chi connectivity index (χ0) is 18.7. The first-order valence-corrected chi connectivity index (χ1v) is 8.81. The van der Waals surface area contributed by atoms with Crippen molar-refractivity contribution >= 4 is 17.6 Å². The van der Waals surface area contributed by atoms with Crippen molar-refractivity contribution < 1.29 is 14.3 Å². The quantitative estimate of drug-likeness (QED) is 0.797. The van der Waals surface area contributed by atoms with Crippen LogP contribution in [0.1, 0.15) is 33.2 Å². The van der Waals surface area contributed by atoms with Gasteiger partial charge in [0, 0.05) is 36.9 Å². The molecule has 1 amide bonds. The molecule has 0 aliphatic carbocycles. The van der Waals surface area contributed by atoms with Gasteiger partial charge in [-0.25, -0.2) is 4.79 Å². The molecule has 2 aromatic rings. The van der Waals surface area contributed by atoms with E-state index >= 15 is 0 Å². The number of aryl methyl sites for hydroxylation is 1. The number of anilines is 1. The van der Waals surface area contributed by atoms with Crippen LogP contribution in [0.25, 0.3) is 0 Å². The predicted molar refractivity (Wildman–Crippen MR) is 102 cm³/mol. The van der Waals surface area contributed by atoms with Crippen LogP contribution in [-0.2, 0) is 4.74 Å². The van der Waals surface area contributed by atoms with Crippen molar-refractivity contribution in [2.45, 2.75) is 19.9 Å². The Morgan fingerprint density at radius 3 is 2.46 bits per heavy atom. The fraction of sp³-hybridized carbons (Fsp3) is 0.333. The number of para-hydroxylation sites is 1. The Labute approximate surface area is 154 Å². The SMILES string of the molecule is COC(=O)c1cccc(C(=O)N2CCN(c3ccccc3C)C[C@@H]2C)c1. The summed E-state index contributed by atoms with van der Waals surface area (Å²) >= 11 is 0. The van der Waals surface area contributed by atoms with Crippen LogP contribution in [0.2, 0.25) is 0 Å². The highest BCUT2D eigenvalue weighted by Gasteiger charge is 2.29. The molecule has 0 bridgehead atoms. The highest BCUT2D eigenvalue weighted by atomic mass is 16.5. The molecule has 1 atom stereocenters. The molecule has 2 aromatic carbocycles. The van der Waals surface area contributed by atoms with Crippen LogP contribution in [0.5, 0.6) is 0 Å². The van der Waals surface area contributed by atoms with Crippen LogP contribution in [0, 0.1) is 6.92 Å². The third kappa shape index (κ3) is 3.57. The molecule has 0 aromatic heterocycles. The summed E-state index contributed by atoms with van der Waals surface area (Å²) < 4.78 is 4.74. The molecule has 136 valence electrons. The second kappa shape index (κ2) is 7.60. The van der Waals surface area contributed by atoms with Gasteiger partial charge in [-0.2, -0.15) is 0 Å². The lowest BCUT2D eigenvalue weighted by Gasteiger charge is -2.41. The maximum absolute atomic E-state index is 12.9. The summed E-state index contributed by atoms with van der Waals surface area (Å²) in [7, 11) is 1.34. The molecule has 5 heteroatoms. The molecule has 26 heavy (non-hydrogen) atoms. The number of hydrogen-bond donors (Lipinski definition) is 0. The molecule has 0 radical (unpaired) electrons. The van der Waals surface area contributed by atoms with E-state index in [9.17, 15) is 9.59 Å². The van der Waals surface area contributed by atoms with Crippen molar-refractivity contribution in [2.75, 3.05) is 31.6 Å². The standard InChI is InChI=1S/C21H24N2O3/c1-15-7-4-5-10-19(15)22-11-12-23(16(2)14-22)20(24)17-8-6-9-18(13-17)21(25)26-3/h4-10,13,16H,11-12,14H2,1-3H3/t16-/m0/s1. The summed E-state index contributed by atoms with van der Waals surface area (Å²) in [5, 5.41) is 0. The number of rotatable bonds is 3. The summed E-state index contributed by atoms with van der Waals surface area (Å²) in [5.74, 6) is -0.482. The van der Waals surface area contributed by atoms with Crippen molar-refractivity contribution in [2.24, 2.45) is 0 Å². The van der Waals surface area contributed by atoms with Gasteiger partial charge in [0.05, 0.1) is 12.7 Å². The number of carbonyl (C=O) groups excluding carboxylic acids is 2. The number of nitrogens with zero attached hydrogens (tertiary/aromatic N) is 2. The zero-order valence-electron chi connectivity index (χ0n) is 15.4. The summed E-state index contributed by atoms with van der Waals surface area (Å²) in [6.45, 7) is 6.39. The van der Waals surface area contributed by atoms with E-state index in [0.717, 1.165) is 13.1 Å². The Morgan fingerprint density at radius 1 is 1.04 bits per heavy atom. The first-order valence-electron chi connectivity index (χ1n) is 8.81. The number of hydrogen-bond acceptors (Lipinski definition) is 4. The Balaban J connectivity index is 1.74. The lowest BCUT2D eigenvalue weighted by molar-refractivity contribution is 0.0600. The molecule has 0 spiro atoms. The van der Waals surface area contributed by atoms with E-state index in [-0.39, 0.29) is 11.9 Å². The van der Waals surface area contributed by atoms with Gasteiger partial charge in [0.15, 0.2) is 0 Å². The lowest BCUT2D eigenvalue weighted by Crippen LogP contribution is -2.54. The van der Waals surface area contributed by atoms with Crippen LogP contribution >= 0.6 is 0 Å². The average Bonchev–Trinajstić information content (AvgIpc) is 2.67. The van der Waals surface area contributed by atoms with Gasteiger partial charge in [-0.05, 0) is 43.7 Å². The second-order valence-electron chi connectivity index (χ2n) is 6.65. The molecule has 1 aliphatic heterocycles. The molecular weight excluding hydrogens is 328 g/mol. The van der Waals surface area contributed by atoms with Crippen molar-refractivity contribution in [3.8, 4) is 0 Å². The van der Waals surface area contributed by atoms with E-state index in [0.29, 0.717) is 17.7 Å². The molecule has 5 nitrogen and oxygen atoms in total. The average molecular weight is 352 g/mol. The lowest BCUT2D eigenvalue weighted by atomic mass is 10.1. The highest BCUT2D eigenvalue weighted by molar-refractivity contribution is 5.98. The Hall–Kier alpha value is -2.82. The number of amides is 1. The first kappa shape index (κ1) is 18.0. The van der Waals surface area contributed by atoms with E-state index < -0.39 is 5.97 Å². The number of benzene rings is 2. The number of carbonyl (C=O) groups is 2. The number of ether oxygens (including phenoxy) is 1. The van der Waals surface area contributed by atoms with E-state index in [4.69, 9.17) is 4.74 Å². The molecular formula is C21H24N2O3. The van der Waals surface area contributed by atoms with Crippen molar-refractivity contribution in [1.82, 2.24) is 4.90 Å². The fourth-order valence-corrected chi connectivity index (χ4v) is 3.46. The van der Waals surface area contributed by atoms with Crippen LogP contribution < -0.4 is 4.90 Å². The summed E-state index contributed by atoms with van der Waals surface area (Å²) in [5.41, 5.74) is 3.37. The minimum Gasteiger partial charge on any atom is -0.465 e. The Kier molecular flexibility index (Phi) is 5.26. The zero-order valence-corrected chi connectivity index (χ0v) is 15.4. The predicted octanol–water partition coefficient (Wildman–Crippen LogP) is 3.13. The van der Waals surface area contributed by atoms with Crippen LogP contribution in [0.15, 0.2) is 48.5 Å². The largest absolute Gasteiger partial charge is 0.465 e. The Morgan fingerprint density at radius 2 is 1.77 bits per heavy atom. The van der Waals surface area contributed by atoms with E-state index in [1.54, 1.807) is 24.3 Å². The Bertz CT molecular complexity index is 818. The minimum atomic E-state index is -0.433. The van der Waals surface area contributed by atoms with Gasteiger partial charge >= 0.3 is 5.97 Å². The topological polar surface area (TPSA) is 49.9 Å². The van der Waals surface area contributed by atoms with Gasteiger partial charge in [-0.3, -0.25) is 4.79 Å². The summed E-state index contributed by atoms with van der Waals surface area (Å²) in [6, 6.07) is 15.1. The number of methoxy groups -OCH3 is 1. The first-order chi connectivity index (χ1) is 12.5. The monoisotopic (exact) mass is 352 g/mol. The van der Waals surface area contributed by atoms with Gasteiger partial charge in [0.25, 0.3) is 5.91 Å². The molecule has 3 rings (SSSR count). The molecule has 0 unspecified atom stereocenters. The van der Waals surface area contributed by atoms with Crippen molar-refractivity contribution in [3.05, 3.63) is 65.2 Å². The maximum Gasteiger partial charge on any atom is 0.337 e. The van der Waals surface area contributed by atoms with Gasteiger partial charge in [-0.1, -0.05) is 24.3 Å². The second-order valence-corrected chi connectivity index (χ2v) is 6.65. The van der Waals surface area contributed by atoms with Crippen molar-refractivity contribution in [3.63, 3.8) is 0 Å². The molecule has 1 fully saturated rings. The fourth-order valence-electron chi connectivity index (χ4n) is 3.46. The molecule has 0 N–H and O–H groups in total. The third-order valence-electron chi connectivity index (χ3n) is 4.88. The highest BCUT2D eigenvalue weighted by Crippen LogP contribution is 2.24. The van der Waals surface area contributed by atoms with Crippen molar-refractivity contribution in [1.29, 1.82) is 0 Å². The van der Waals surface area contributed by atoms with Crippen LogP contribution in [0.4, 0.5) is 5.69 Å². The molecule has 0 saturated carbocycles. The third-order valence-corrected chi connectivity index (χ3v) is 4.88. The molecule has 1 saturated heterocycles. The van der Waals surface area contributed by atoms with E-state index in [1.165, 1.54) is 18.4 Å². The molecule has 1 aliphatic rings. The van der Waals surface area contributed by atoms with Gasteiger partial charge < -0.3 is 14.5 Å². The minimum absolute atomic E-state index is 0.0484. The maximum atomic E-state index is 12.9. The normalized spacial score (nSPS) is 17.1. The van der Waals surface area contributed by atoms with Gasteiger partial charge in [0.2, 0.25) is 0 Å². The van der Waals surface area contributed by atoms with Gasteiger partial charge in [0.1, 0.15) is 0 Å². The van der Waals surface area contributed by atoms with Crippen LogP contribution in [-0.4, -0.2) is 49.6 Å². The van der Waals surface area contributed by atoms with Gasteiger partial charge in [-0.15, -0.1) is 0 Å². The number of esters is 1. The summed E-state index contributed by atoms with van der Waals surface area (Å²) in [6.07, 6.45) is 0. The number of piperazine rings is 1. The van der Waals surface area contributed by atoms with E-state index in [1.807, 2.05) is 17.0 Å². The van der Waals surface area contributed by atoms with Crippen LogP contribution in [0.3, 0.4) is 0 Å². The smallest absolute Gasteiger partial charge is 0.337 e.